The van der Waals surface area contributed by atoms with Gasteiger partial charge in [0, 0.05) is 43.8 Å². The predicted molar refractivity (Wildman–Crippen MR) is 129 cm³/mol. The van der Waals surface area contributed by atoms with E-state index in [2.05, 4.69) is 30.1 Å². The molecule has 4 rings (SSSR count). The van der Waals surface area contributed by atoms with Crippen LogP contribution in [0.3, 0.4) is 0 Å². The summed E-state index contributed by atoms with van der Waals surface area (Å²) in [4.78, 5) is 39.4. The summed E-state index contributed by atoms with van der Waals surface area (Å²) >= 11 is 0. The third-order valence-corrected chi connectivity index (χ3v) is 6.76. The summed E-state index contributed by atoms with van der Waals surface area (Å²) < 4.78 is 1.97. The van der Waals surface area contributed by atoms with E-state index in [1.807, 2.05) is 43.4 Å². The van der Waals surface area contributed by atoms with Gasteiger partial charge in [-0.3, -0.25) is 9.59 Å². The van der Waals surface area contributed by atoms with Crippen molar-refractivity contribution in [2.45, 2.75) is 53.0 Å². The van der Waals surface area contributed by atoms with Crippen molar-refractivity contribution in [1.82, 2.24) is 24.3 Å². The third-order valence-electron chi connectivity index (χ3n) is 6.76. The number of piperidine rings is 1. The molecular weight excluding hydrogens is 414 g/mol. The van der Waals surface area contributed by atoms with E-state index in [9.17, 15) is 9.59 Å². The van der Waals surface area contributed by atoms with Gasteiger partial charge in [0.05, 0.1) is 17.3 Å². The third kappa shape index (κ3) is 4.24. The van der Waals surface area contributed by atoms with Gasteiger partial charge >= 0.3 is 0 Å². The number of benzene rings is 1. The van der Waals surface area contributed by atoms with Gasteiger partial charge in [-0.1, -0.05) is 11.6 Å². The van der Waals surface area contributed by atoms with Gasteiger partial charge in [-0.2, -0.15) is 0 Å². The highest BCUT2D eigenvalue weighted by atomic mass is 16.2. The zero-order chi connectivity index (χ0) is 23.7. The Hall–Kier alpha value is -3.22. The first kappa shape index (κ1) is 23.0. The topological polar surface area (TPSA) is 71.3 Å². The lowest BCUT2D eigenvalue weighted by Gasteiger charge is -2.35. The van der Waals surface area contributed by atoms with Gasteiger partial charge in [0.2, 0.25) is 0 Å². The molecule has 3 heterocycles. The standard InChI is InChI=1S/C26H33N5O2/c1-6-30(7-2)25(32)20-16-27-24(28-18(20)4)22-10-8-9-13-31(22)26(33)23-15-19-14-17(3)11-12-21(19)29(23)5/h11-12,14-16,22H,6-10,13H2,1-5H3. The number of rotatable bonds is 5. The van der Waals surface area contributed by atoms with Crippen LogP contribution >= 0.6 is 0 Å². The molecule has 1 fully saturated rings. The van der Waals surface area contributed by atoms with Crippen LogP contribution < -0.4 is 0 Å². The normalized spacial score (nSPS) is 16.3. The van der Waals surface area contributed by atoms with Crippen LogP contribution in [0.15, 0.2) is 30.5 Å². The molecule has 1 aliphatic heterocycles. The van der Waals surface area contributed by atoms with E-state index in [-0.39, 0.29) is 17.9 Å². The fraction of sp³-hybridized carbons (Fsp3) is 0.462. The molecule has 2 amide bonds. The summed E-state index contributed by atoms with van der Waals surface area (Å²) in [5.74, 6) is 0.568. The highest BCUT2D eigenvalue weighted by Crippen LogP contribution is 2.32. The van der Waals surface area contributed by atoms with Crippen LogP contribution in [0.1, 0.15) is 77.1 Å². The summed E-state index contributed by atoms with van der Waals surface area (Å²) in [6.45, 7) is 9.80. The Morgan fingerprint density at radius 2 is 1.88 bits per heavy atom. The fourth-order valence-corrected chi connectivity index (χ4v) is 4.80. The number of carbonyl (C=O) groups excluding carboxylic acids is 2. The maximum absolute atomic E-state index is 13.7. The number of likely N-dealkylation sites (tertiary alicyclic amines) is 1. The molecule has 7 nitrogen and oxygen atoms in total. The largest absolute Gasteiger partial charge is 0.340 e. The highest BCUT2D eigenvalue weighted by Gasteiger charge is 2.32. The molecule has 1 saturated heterocycles. The molecular formula is C26H33N5O2. The fourth-order valence-electron chi connectivity index (χ4n) is 4.80. The molecule has 0 spiro atoms. The number of fused-ring (bicyclic) bond motifs is 1. The first-order valence-electron chi connectivity index (χ1n) is 11.9. The van der Waals surface area contributed by atoms with Gasteiger partial charge in [-0.25, -0.2) is 9.97 Å². The highest BCUT2D eigenvalue weighted by molar-refractivity contribution is 5.99. The zero-order valence-electron chi connectivity index (χ0n) is 20.3. The Kier molecular flexibility index (Phi) is 6.49. The van der Waals surface area contributed by atoms with E-state index in [1.54, 1.807) is 11.1 Å². The van der Waals surface area contributed by atoms with Crippen molar-refractivity contribution in [3.8, 4) is 0 Å². The number of carbonyl (C=O) groups is 2. The van der Waals surface area contributed by atoms with Crippen molar-refractivity contribution in [2.24, 2.45) is 7.05 Å². The minimum atomic E-state index is -0.192. The van der Waals surface area contributed by atoms with Crippen LogP contribution in [-0.2, 0) is 7.05 Å². The number of hydrogen-bond acceptors (Lipinski definition) is 4. The molecule has 0 saturated carbocycles. The van der Waals surface area contributed by atoms with Crippen molar-refractivity contribution in [1.29, 1.82) is 0 Å². The Labute approximate surface area is 195 Å². The first-order valence-corrected chi connectivity index (χ1v) is 11.9. The van der Waals surface area contributed by atoms with Gasteiger partial charge in [-0.05, 0) is 65.2 Å². The molecule has 0 aliphatic carbocycles. The van der Waals surface area contributed by atoms with Crippen LogP contribution in [0.5, 0.6) is 0 Å². The van der Waals surface area contributed by atoms with Crippen LogP contribution in [0.4, 0.5) is 0 Å². The molecule has 174 valence electrons. The van der Waals surface area contributed by atoms with Gasteiger partial charge < -0.3 is 14.4 Å². The maximum atomic E-state index is 13.7. The van der Waals surface area contributed by atoms with Crippen molar-refractivity contribution in [2.75, 3.05) is 19.6 Å². The summed E-state index contributed by atoms with van der Waals surface area (Å²) in [5.41, 5.74) is 4.08. The summed E-state index contributed by atoms with van der Waals surface area (Å²) in [6.07, 6.45) is 4.43. The molecule has 0 N–H and O–H groups in total. The number of aryl methyl sites for hydroxylation is 3. The molecule has 2 aromatic heterocycles. The molecule has 7 heteroatoms. The van der Waals surface area contributed by atoms with E-state index in [1.165, 1.54) is 5.56 Å². The van der Waals surface area contributed by atoms with Gasteiger partial charge in [-0.15, -0.1) is 0 Å². The lowest BCUT2D eigenvalue weighted by molar-refractivity contribution is 0.0589. The van der Waals surface area contributed by atoms with Crippen LogP contribution in [0.2, 0.25) is 0 Å². The Morgan fingerprint density at radius 3 is 2.58 bits per heavy atom. The SMILES string of the molecule is CCN(CC)C(=O)c1cnc(C2CCCCN2C(=O)c2cc3cc(C)ccc3n2C)nc1C. The minimum absolute atomic E-state index is 0.000556. The molecule has 1 aromatic carbocycles. The summed E-state index contributed by atoms with van der Waals surface area (Å²) in [5, 5.41) is 1.07. The summed E-state index contributed by atoms with van der Waals surface area (Å²) in [6, 6.07) is 8.03. The summed E-state index contributed by atoms with van der Waals surface area (Å²) in [7, 11) is 1.94. The van der Waals surface area contributed by atoms with Crippen molar-refractivity contribution in [3.63, 3.8) is 0 Å². The molecule has 1 aliphatic rings. The van der Waals surface area contributed by atoms with Crippen molar-refractivity contribution >= 4 is 22.7 Å². The van der Waals surface area contributed by atoms with Gasteiger partial charge in [0.1, 0.15) is 5.69 Å². The number of nitrogens with zero attached hydrogens (tertiary/aromatic N) is 5. The van der Waals surface area contributed by atoms with Gasteiger partial charge in [0.25, 0.3) is 11.8 Å². The maximum Gasteiger partial charge on any atom is 0.271 e. The van der Waals surface area contributed by atoms with Crippen molar-refractivity contribution in [3.05, 3.63) is 58.8 Å². The van der Waals surface area contributed by atoms with E-state index in [0.29, 0.717) is 42.4 Å². The van der Waals surface area contributed by atoms with Crippen LogP contribution in [-0.4, -0.2) is 55.8 Å². The molecule has 0 radical (unpaired) electrons. The average molecular weight is 448 g/mol. The number of hydrogen-bond donors (Lipinski definition) is 0. The lowest BCUT2D eigenvalue weighted by Crippen LogP contribution is -2.40. The number of amides is 2. The quantitative estimate of drug-likeness (QED) is 0.580. The molecule has 3 aromatic rings. The Morgan fingerprint density at radius 1 is 1.12 bits per heavy atom. The van der Waals surface area contributed by atoms with Crippen LogP contribution in [0.25, 0.3) is 10.9 Å². The Bertz CT molecular complexity index is 1190. The molecule has 1 unspecified atom stereocenters. The van der Waals surface area contributed by atoms with E-state index in [0.717, 1.165) is 30.2 Å². The molecule has 0 bridgehead atoms. The first-order chi connectivity index (χ1) is 15.8. The number of aromatic nitrogens is 3. The minimum Gasteiger partial charge on any atom is -0.340 e. The van der Waals surface area contributed by atoms with E-state index < -0.39 is 0 Å². The van der Waals surface area contributed by atoms with Gasteiger partial charge in [0.15, 0.2) is 5.82 Å². The molecule has 1 atom stereocenters. The lowest BCUT2D eigenvalue weighted by atomic mass is 10.0. The molecule has 33 heavy (non-hydrogen) atoms. The average Bonchev–Trinajstić information content (AvgIpc) is 3.14. The van der Waals surface area contributed by atoms with Crippen LogP contribution in [0, 0.1) is 13.8 Å². The second-order valence-electron chi connectivity index (χ2n) is 8.87. The zero-order valence-corrected chi connectivity index (χ0v) is 20.3. The van der Waals surface area contributed by atoms with E-state index in [4.69, 9.17) is 4.98 Å². The van der Waals surface area contributed by atoms with Crippen molar-refractivity contribution < 1.29 is 9.59 Å². The second kappa shape index (κ2) is 9.33. The Balaban J connectivity index is 1.65. The van der Waals surface area contributed by atoms with E-state index >= 15 is 0 Å². The monoisotopic (exact) mass is 447 g/mol. The predicted octanol–water partition coefficient (Wildman–Crippen LogP) is 4.43. The second-order valence-corrected chi connectivity index (χ2v) is 8.87. The smallest absolute Gasteiger partial charge is 0.271 e.